The Hall–Kier alpha value is -0.0900. The Morgan fingerprint density at radius 3 is 2.47 bits per heavy atom. The lowest BCUT2D eigenvalue weighted by atomic mass is 9.98. The Morgan fingerprint density at radius 2 is 1.93 bits per heavy atom. The Bertz CT molecular complexity index is 399. The van der Waals surface area contributed by atoms with Crippen LogP contribution < -0.4 is 0 Å². The molecule has 0 aliphatic heterocycles. The number of Topliss-reactive ketones (excluding diaryl/α,β-unsaturated/α-hetero) is 1. The molecule has 3 heteroatoms. The molecule has 0 aromatic heterocycles. The minimum absolute atomic E-state index is 0.0808. The monoisotopic (exact) mass is 336 g/mol. The van der Waals surface area contributed by atoms with Crippen LogP contribution in [0.2, 0.25) is 0 Å². The van der Waals surface area contributed by atoms with E-state index >= 15 is 0 Å². The second-order valence-electron chi connectivity index (χ2n) is 3.77. The number of carbonyl (C=O) groups is 1. The van der Waals surface area contributed by atoms with Gasteiger partial charge < -0.3 is 0 Å². The molecule has 1 aromatic rings. The fourth-order valence-corrected chi connectivity index (χ4v) is 2.37. The molecule has 1 rings (SSSR count). The van der Waals surface area contributed by atoms with Gasteiger partial charge in [-0.15, -0.1) is 11.6 Å². The van der Waals surface area contributed by atoms with E-state index in [4.69, 9.17) is 11.6 Å². The first-order chi connectivity index (χ1) is 6.97. The van der Waals surface area contributed by atoms with Gasteiger partial charge in [-0.25, -0.2) is 0 Å². The normalized spacial score (nSPS) is 10.5. The summed E-state index contributed by atoms with van der Waals surface area (Å²) in [6.45, 7) is 6.28. The van der Waals surface area contributed by atoms with Crippen molar-refractivity contribution in [3.63, 3.8) is 0 Å². The fraction of sp³-hybridized carbons (Fsp3) is 0.417. The highest BCUT2D eigenvalue weighted by Gasteiger charge is 2.11. The summed E-state index contributed by atoms with van der Waals surface area (Å²) in [6, 6.07) is 2.09. The summed E-state index contributed by atoms with van der Waals surface area (Å²) in [4.78, 5) is 11.3. The number of halogens is 2. The van der Waals surface area contributed by atoms with Crippen LogP contribution in [-0.2, 0) is 11.2 Å². The molecule has 0 unspecified atom stereocenters. The van der Waals surface area contributed by atoms with Crippen molar-refractivity contribution in [1.29, 1.82) is 0 Å². The molecule has 82 valence electrons. The highest BCUT2D eigenvalue weighted by Crippen LogP contribution is 2.24. The van der Waals surface area contributed by atoms with E-state index in [-0.39, 0.29) is 11.7 Å². The van der Waals surface area contributed by atoms with Gasteiger partial charge in [0.25, 0.3) is 0 Å². The molecular formula is C12H14ClIO. The number of aryl methyl sites for hydroxylation is 1. The number of benzene rings is 1. The van der Waals surface area contributed by atoms with Crippen molar-refractivity contribution in [3.05, 3.63) is 31.9 Å². The number of alkyl halides is 1. The Kier molecular flexibility index (Phi) is 4.59. The molecule has 0 aliphatic rings. The summed E-state index contributed by atoms with van der Waals surface area (Å²) >= 11 is 7.81. The smallest absolute Gasteiger partial charge is 0.151 e. The minimum Gasteiger partial charge on any atom is -0.298 e. The van der Waals surface area contributed by atoms with Crippen molar-refractivity contribution in [1.82, 2.24) is 0 Å². The van der Waals surface area contributed by atoms with Crippen LogP contribution in [0.5, 0.6) is 0 Å². The number of hydrogen-bond acceptors (Lipinski definition) is 1. The number of rotatable bonds is 3. The molecule has 0 radical (unpaired) electrons. The van der Waals surface area contributed by atoms with Crippen LogP contribution in [0.15, 0.2) is 6.07 Å². The lowest BCUT2D eigenvalue weighted by Gasteiger charge is -2.12. The topological polar surface area (TPSA) is 17.1 Å². The van der Waals surface area contributed by atoms with Crippen LogP contribution in [0.3, 0.4) is 0 Å². The predicted molar refractivity (Wildman–Crippen MR) is 72.8 cm³/mol. The van der Waals surface area contributed by atoms with Crippen LogP contribution in [0.1, 0.15) is 22.3 Å². The summed E-state index contributed by atoms with van der Waals surface area (Å²) in [5.74, 6) is 0.180. The van der Waals surface area contributed by atoms with Gasteiger partial charge in [-0.2, -0.15) is 0 Å². The SMILES string of the molecule is Cc1cc(CC(=O)CCl)c(I)c(C)c1C. The maximum Gasteiger partial charge on any atom is 0.151 e. The van der Waals surface area contributed by atoms with E-state index in [1.807, 2.05) is 0 Å². The molecule has 0 heterocycles. The molecule has 0 fully saturated rings. The van der Waals surface area contributed by atoms with Gasteiger partial charge in [-0.1, -0.05) is 6.07 Å². The number of carbonyl (C=O) groups excluding carboxylic acids is 1. The van der Waals surface area contributed by atoms with Gasteiger partial charge in [0.2, 0.25) is 0 Å². The van der Waals surface area contributed by atoms with Crippen molar-refractivity contribution >= 4 is 40.0 Å². The summed E-state index contributed by atoms with van der Waals surface area (Å²) in [5, 5.41) is 0. The Morgan fingerprint density at radius 1 is 1.33 bits per heavy atom. The van der Waals surface area contributed by atoms with Crippen LogP contribution in [-0.4, -0.2) is 11.7 Å². The van der Waals surface area contributed by atoms with Gasteiger partial charge >= 0.3 is 0 Å². The second-order valence-corrected chi connectivity index (χ2v) is 5.11. The molecule has 15 heavy (non-hydrogen) atoms. The van der Waals surface area contributed by atoms with E-state index < -0.39 is 0 Å². The van der Waals surface area contributed by atoms with Crippen molar-refractivity contribution in [2.45, 2.75) is 27.2 Å². The quantitative estimate of drug-likeness (QED) is 0.609. The zero-order chi connectivity index (χ0) is 11.6. The van der Waals surface area contributed by atoms with E-state index in [1.54, 1.807) is 0 Å². The maximum atomic E-state index is 11.3. The van der Waals surface area contributed by atoms with Crippen molar-refractivity contribution < 1.29 is 4.79 Å². The molecule has 1 nitrogen and oxygen atoms in total. The van der Waals surface area contributed by atoms with Crippen LogP contribution in [0.4, 0.5) is 0 Å². The first-order valence-corrected chi connectivity index (χ1v) is 6.41. The minimum atomic E-state index is 0.0808. The lowest BCUT2D eigenvalue weighted by Crippen LogP contribution is -2.07. The average molecular weight is 337 g/mol. The number of ketones is 1. The van der Waals surface area contributed by atoms with Gasteiger partial charge in [0, 0.05) is 9.99 Å². The molecule has 0 N–H and O–H groups in total. The van der Waals surface area contributed by atoms with E-state index in [2.05, 4.69) is 49.4 Å². The molecule has 0 spiro atoms. The zero-order valence-corrected chi connectivity index (χ0v) is 12.1. The van der Waals surface area contributed by atoms with Crippen molar-refractivity contribution in [3.8, 4) is 0 Å². The van der Waals surface area contributed by atoms with Gasteiger partial charge in [-0.3, -0.25) is 4.79 Å². The van der Waals surface area contributed by atoms with Crippen LogP contribution >= 0.6 is 34.2 Å². The van der Waals surface area contributed by atoms with Crippen LogP contribution in [0.25, 0.3) is 0 Å². The Balaban J connectivity index is 3.15. The largest absolute Gasteiger partial charge is 0.298 e. The van der Waals surface area contributed by atoms with Gasteiger partial charge in [0.15, 0.2) is 5.78 Å². The highest BCUT2D eigenvalue weighted by atomic mass is 127. The predicted octanol–water partition coefficient (Wildman–Crippen LogP) is 3.57. The van der Waals surface area contributed by atoms with E-state index in [9.17, 15) is 4.79 Å². The van der Waals surface area contributed by atoms with Crippen molar-refractivity contribution in [2.75, 3.05) is 5.88 Å². The molecule has 0 bridgehead atoms. The standard InChI is InChI=1S/C12H14ClIO/c1-7-4-10(5-11(15)6-13)12(14)9(3)8(7)2/h4H,5-6H2,1-3H3. The molecule has 0 aliphatic carbocycles. The lowest BCUT2D eigenvalue weighted by molar-refractivity contribution is -0.116. The molecule has 1 aromatic carbocycles. The zero-order valence-electron chi connectivity index (χ0n) is 9.16. The van der Waals surface area contributed by atoms with E-state index in [0.717, 1.165) is 5.56 Å². The third kappa shape index (κ3) is 2.94. The molecule has 0 amide bonds. The van der Waals surface area contributed by atoms with Gasteiger partial charge in [-0.05, 0) is 65.6 Å². The number of hydrogen-bond donors (Lipinski definition) is 0. The second kappa shape index (κ2) is 5.30. The molecule has 0 saturated heterocycles. The molecule has 0 atom stereocenters. The fourth-order valence-electron chi connectivity index (χ4n) is 1.52. The highest BCUT2D eigenvalue weighted by molar-refractivity contribution is 14.1. The van der Waals surface area contributed by atoms with Crippen LogP contribution in [0, 0.1) is 24.3 Å². The molecular weight excluding hydrogens is 322 g/mol. The van der Waals surface area contributed by atoms with Gasteiger partial charge in [0.1, 0.15) is 0 Å². The third-order valence-corrected chi connectivity index (χ3v) is 4.49. The van der Waals surface area contributed by atoms with Gasteiger partial charge in [0.05, 0.1) is 5.88 Å². The molecule has 0 saturated carbocycles. The van der Waals surface area contributed by atoms with Crippen molar-refractivity contribution in [2.24, 2.45) is 0 Å². The first-order valence-electron chi connectivity index (χ1n) is 4.80. The summed E-state index contributed by atoms with van der Waals surface area (Å²) in [5.41, 5.74) is 4.92. The first kappa shape index (κ1) is 13.0. The summed E-state index contributed by atoms with van der Waals surface area (Å²) in [6.07, 6.45) is 0.448. The average Bonchev–Trinajstić information content (AvgIpc) is 2.22. The summed E-state index contributed by atoms with van der Waals surface area (Å²) in [7, 11) is 0. The third-order valence-electron chi connectivity index (χ3n) is 2.69. The van der Waals surface area contributed by atoms with E-state index in [1.165, 1.54) is 20.3 Å². The Labute approximate surface area is 109 Å². The summed E-state index contributed by atoms with van der Waals surface area (Å²) < 4.78 is 1.19. The maximum absolute atomic E-state index is 11.3. The van der Waals surface area contributed by atoms with E-state index in [0.29, 0.717) is 6.42 Å².